The van der Waals surface area contributed by atoms with E-state index in [9.17, 15) is 10.1 Å². The molecule has 2 aromatic rings. The Morgan fingerprint density at radius 1 is 1.36 bits per heavy atom. The lowest BCUT2D eigenvalue weighted by Crippen LogP contribution is -2.54. The highest BCUT2D eigenvalue weighted by Gasteiger charge is 2.28. The van der Waals surface area contributed by atoms with E-state index in [2.05, 4.69) is 41.2 Å². The van der Waals surface area contributed by atoms with Gasteiger partial charge in [-0.1, -0.05) is 0 Å². The van der Waals surface area contributed by atoms with Gasteiger partial charge in [-0.15, -0.1) is 0 Å². The van der Waals surface area contributed by atoms with Crippen LogP contribution >= 0.6 is 0 Å². The Morgan fingerprint density at radius 2 is 2.14 bits per heavy atom. The van der Waals surface area contributed by atoms with Crippen molar-refractivity contribution >= 4 is 11.5 Å². The number of fused-ring (bicyclic) bond motifs is 1. The number of rotatable bonds is 5. The van der Waals surface area contributed by atoms with Crippen molar-refractivity contribution in [3.63, 3.8) is 0 Å². The number of anilines is 1. The standard InChI is InChI=1S/C19H25N5O4/c1-13-10-23(14(2)9-20-13)15-3-5-16(6-4-15)27-12-17-7-8-22-11-18(24(25)26)21-19(22)28-17/h3-6,11,13-14,17,20H,7-10,12H2,1-2H3/t13-,14+,17-/m1/s1. The van der Waals surface area contributed by atoms with Crippen LogP contribution in [0.2, 0.25) is 0 Å². The van der Waals surface area contributed by atoms with Crippen molar-refractivity contribution in [2.75, 3.05) is 24.6 Å². The molecule has 0 saturated carbocycles. The first-order valence-corrected chi connectivity index (χ1v) is 9.60. The fourth-order valence-corrected chi connectivity index (χ4v) is 3.64. The number of benzene rings is 1. The van der Waals surface area contributed by atoms with Gasteiger partial charge in [0.2, 0.25) is 0 Å². The lowest BCUT2D eigenvalue weighted by atomic mass is 10.1. The van der Waals surface area contributed by atoms with E-state index in [1.54, 1.807) is 4.57 Å². The maximum Gasteiger partial charge on any atom is 0.414 e. The first-order chi connectivity index (χ1) is 13.5. The Bertz CT molecular complexity index is 837. The lowest BCUT2D eigenvalue weighted by Gasteiger charge is -2.39. The van der Waals surface area contributed by atoms with E-state index >= 15 is 0 Å². The molecule has 3 heterocycles. The highest BCUT2D eigenvalue weighted by molar-refractivity contribution is 5.50. The molecule has 1 saturated heterocycles. The molecule has 0 bridgehead atoms. The molecular weight excluding hydrogens is 362 g/mol. The number of nitrogens with one attached hydrogen (secondary N) is 1. The van der Waals surface area contributed by atoms with Gasteiger partial charge in [0.05, 0.1) is 0 Å². The van der Waals surface area contributed by atoms with Gasteiger partial charge in [0.1, 0.15) is 24.7 Å². The molecule has 28 heavy (non-hydrogen) atoms. The molecule has 9 nitrogen and oxygen atoms in total. The summed E-state index contributed by atoms with van der Waals surface area (Å²) in [6, 6.07) is 9.32. The molecule has 2 aliphatic heterocycles. The van der Waals surface area contributed by atoms with Crippen LogP contribution in [0.25, 0.3) is 0 Å². The third-order valence-electron chi connectivity index (χ3n) is 5.25. The number of aryl methyl sites for hydroxylation is 1. The van der Waals surface area contributed by atoms with Crippen LogP contribution in [0.4, 0.5) is 11.5 Å². The van der Waals surface area contributed by atoms with Gasteiger partial charge in [0.15, 0.2) is 0 Å². The highest BCUT2D eigenvalue weighted by Crippen LogP contribution is 2.26. The van der Waals surface area contributed by atoms with Crippen molar-refractivity contribution in [2.45, 2.75) is 45.0 Å². The molecule has 2 aliphatic rings. The largest absolute Gasteiger partial charge is 0.490 e. The number of nitro groups is 1. The summed E-state index contributed by atoms with van der Waals surface area (Å²) < 4.78 is 13.3. The monoisotopic (exact) mass is 387 g/mol. The second-order valence-electron chi connectivity index (χ2n) is 7.48. The van der Waals surface area contributed by atoms with E-state index in [0.717, 1.165) is 25.3 Å². The topological polar surface area (TPSA) is 94.7 Å². The number of aromatic nitrogens is 2. The van der Waals surface area contributed by atoms with Crippen LogP contribution in [0.15, 0.2) is 30.5 Å². The highest BCUT2D eigenvalue weighted by atomic mass is 16.6. The summed E-state index contributed by atoms with van der Waals surface area (Å²) in [5, 5.41) is 14.3. The Hall–Kier alpha value is -2.81. The molecule has 1 aromatic heterocycles. The fraction of sp³-hybridized carbons (Fsp3) is 0.526. The molecule has 1 N–H and O–H groups in total. The van der Waals surface area contributed by atoms with Gasteiger partial charge in [0, 0.05) is 48.8 Å². The SMILES string of the molecule is C[C@@H]1CN(c2ccc(OC[C@H]3CCn4cc([N+](=O)[O-])nc4O3)cc2)[C@@H](C)CN1. The van der Waals surface area contributed by atoms with Crippen LogP contribution in [0.5, 0.6) is 11.8 Å². The quantitative estimate of drug-likeness (QED) is 0.621. The van der Waals surface area contributed by atoms with Gasteiger partial charge < -0.3 is 29.8 Å². The Labute approximate surface area is 163 Å². The number of nitrogens with zero attached hydrogens (tertiary/aromatic N) is 4. The Morgan fingerprint density at radius 3 is 2.89 bits per heavy atom. The minimum Gasteiger partial charge on any atom is -0.490 e. The zero-order valence-electron chi connectivity index (χ0n) is 16.1. The van der Waals surface area contributed by atoms with E-state index in [4.69, 9.17) is 9.47 Å². The molecule has 0 aliphatic carbocycles. The van der Waals surface area contributed by atoms with Crippen LogP contribution in [0.1, 0.15) is 20.3 Å². The summed E-state index contributed by atoms with van der Waals surface area (Å²) in [4.78, 5) is 16.6. The first-order valence-electron chi connectivity index (χ1n) is 9.60. The number of ether oxygens (including phenoxy) is 2. The summed E-state index contributed by atoms with van der Waals surface area (Å²) in [5.41, 5.74) is 1.19. The van der Waals surface area contributed by atoms with Crippen molar-refractivity contribution in [1.29, 1.82) is 0 Å². The van der Waals surface area contributed by atoms with E-state index in [1.807, 2.05) is 12.1 Å². The molecule has 0 radical (unpaired) electrons. The molecule has 1 aromatic carbocycles. The van der Waals surface area contributed by atoms with E-state index in [0.29, 0.717) is 25.2 Å². The summed E-state index contributed by atoms with van der Waals surface area (Å²) >= 11 is 0. The Kier molecular flexibility index (Phi) is 5.08. The predicted molar refractivity (Wildman–Crippen MR) is 104 cm³/mol. The zero-order chi connectivity index (χ0) is 19.7. The predicted octanol–water partition coefficient (Wildman–Crippen LogP) is 2.21. The van der Waals surface area contributed by atoms with E-state index < -0.39 is 4.92 Å². The van der Waals surface area contributed by atoms with Crippen molar-refractivity contribution < 1.29 is 14.4 Å². The summed E-state index contributed by atoms with van der Waals surface area (Å²) in [6.07, 6.45) is 1.95. The van der Waals surface area contributed by atoms with Gasteiger partial charge >= 0.3 is 11.8 Å². The number of imidazole rings is 1. The number of hydrogen-bond donors (Lipinski definition) is 1. The van der Waals surface area contributed by atoms with Crippen LogP contribution in [-0.4, -0.2) is 52.4 Å². The average molecular weight is 387 g/mol. The summed E-state index contributed by atoms with van der Waals surface area (Å²) in [5.74, 6) is 0.590. The first kappa shape index (κ1) is 18.5. The van der Waals surface area contributed by atoms with E-state index in [1.165, 1.54) is 11.9 Å². The number of piperazine rings is 1. The molecule has 0 unspecified atom stereocenters. The molecule has 9 heteroatoms. The van der Waals surface area contributed by atoms with Gasteiger partial charge in [-0.25, -0.2) is 0 Å². The third kappa shape index (κ3) is 3.89. The second kappa shape index (κ2) is 7.67. The lowest BCUT2D eigenvalue weighted by molar-refractivity contribution is -0.389. The van der Waals surface area contributed by atoms with Crippen molar-refractivity contribution in [2.24, 2.45) is 0 Å². The van der Waals surface area contributed by atoms with Crippen LogP contribution in [-0.2, 0) is 6.54 Å². The second-order valence-corrected chi connectivity index (χ2v) is 7.48. The van der Waals surface area contributed by atoms with Crippen molar-refractivity contribution in [3.8, 4) is 11.8 Å². The maximum absolute atomic E-state index is 10.8. The third-order valence-corrected chi connectivity index (χ3v) is 5.25. The average Bonchev–Trinajstić information content (AvgIpc) is 3.12. The summed E-state index contributed by atoms with van der Waals surface area (Å²) in [7, 11) is 0. The smallest absolute Gasteiger partial charge is 0.414 e. The van der Waals surface area contributed by atoms with Crippen LogP contribution in [0.3, 0.4) is 0 Å². The molecule has 0 spiro atoms. The molecule has 4 rings (SSSR count). The van der Waals surface area contributed by atoms with Crippen LogP contribution in [0, 0.1) is 10.1 Å². The van der Waals surface area contributed by atoms with Gasteiger partial charge in [-0.2, -0.15) is 0 Å². The number of hydrogen-bond acceptors (Lipinski definition) is 7. The van der Waals surface area contributed by atoms with Gasteiger partial charge in [-0.05, 0) is 43.0 Å². The molecule has 0 amide bonds. The van der Waals surface area contributed by atoms with Crippen molar-refractivity contribution in [3.05, 3.63) is 40.6 Å². The molecule has 3 atom stereocenters. The minimum atomic E-state index is -0.512. The van der Waals surface area contributed by atoms with Gasteiger partial charge in [-0.3, -0.25) is 4.57 Å². The van der Waals surface area contributed by atoms with Gasteiger partial charge in [0.25, 0.3) is 0 Å². The Balaban J connectivity index is 1.33. The molecule has 150 valence electrons. The van der Waals surface area contributed by atoms with Crippen LogP contribution < -0.4 is 19.7 Å². The minimum absolute atomic E-state index is 0.178. The molecule has 1 fully saturated rings. The normalized spacial score (nSPS) is 24.4. The van der Waals surface area contributed by atoms with Crippen molar-refractivity contribution in [1.82, 2.24) is 14.9 Å². The zero-order valence-corrected chi connectivity index (χ0v) is 16.1. The molecular formula is C19H25N5O4. The van der Waals surface area contributed by atoms with E-state index in [-0.39, 0.29) is 17.9 Å². The fourth-order valence-electron chi connectivity index (χ4n) is 3.64. The summed E-state index contributed by atoms with van der Waals surface area (Å²) in [6.45, 7) is 7.38. The maximum atomic E-state index is 10.8.